The van der Waals surface area contributed by atoms with Gasteiger partial charge in [0.25, 0.3) is 0 Å². The van der Waals surface area contributed by atoms with Gasteiger partial charge in [-0.1, -0.05) is 42.5 Å². The van der Waals surface area contributed by atoms with Gasteiger partial charge in [0.15, 0.2) is 0 Å². The highest BCUT2D eigenvalue weighted by atomic mass is 16.5. The molecule has 2 aromatic carbocycles. The number of nitrogens with zero attached hydrogens (tertiary/aromatic N) is 3. The van der Waals surface area contributed by atoms with Crippen LogP contribution in [-0.2, 0) is 25.7 Å². The van der Waals surface area contributed by atoms with Crippen LogP contribution in [0.1, 0.15) is 37.3 Å². The molecule has 1 saturated heterocycles. The van der Waals surface area contributed by atoms with E-state index in [4.69, 9.17) is 9.47 Å². The lowest BCUT2D eigenvalue weighted by Gasteiger charge is -2.26. The van der Waals surface area contributed by atoms with Gasteiger partial charge < -0.3 is 24.2 Å². The van der Waals surface area contributed by atoms with Crippen molar-refractivity contribution in [2.45, 2.75) is 38.8 Å². The molecule has 0 unspecified atom stereocenters. The molecule has 1 heterocycles. The summed E-state index contributed by atoms with van der Waals surface area (Å²) in [6.45, 7) is 6.01. The van der Waals surface area contributed by atoms with Gasteiger partial charge in [-0.25, -0.2) is 0 Å². The summed E-state index contributed by atoms with van der Waals surface area (Å²) in [6.07, 6.45) is 0.330. The first-order valence-electron chi connectivity index (χ1n) is 13.1. The number of ether oxygens (including phenoxy) is 2. The van der Waals surface area contributed by atoms with Gasteiger partial charge in [0.05, 0.1) is 19.8 Å². The number of carbonyl (C=O) groups is 3. The smallest absolute Gasteiger partial charge is 0.248 e. The number of likely N-dealkylation sites (N-methyl/N-ethyl adjacent to an activating group) is 1. The minimum absolute atomic E-state index is 0.0108. The molecule has 0 N–H and O–H groups in total. The van der Waals surface area contributed by atoms with E-state index in [0.29, 0.717) is 26.2 Å². The van der Waals surface area contributed by atoms with E-state index < -0.39 is 6.10 Å². The molecule has 3 amide bonds. The molecule has 0 radical (unpaired) electrons. The van der Waals surface area contributed by atoms with Crippen LogP contribution >= 0.6 is 0 Å². The zero-order valence-electron chi connectivity index (χ0n) is 22.0. The summed E-state index contributed by atoms with van der Waals surface area (Å²) in [5, 5.41) is 0. The average Bonchev–Trinajstić information content (AvgIpc) is 3.74. The number of methoxy groups -OCH3 is 1. The summed E-state index contributed by atoms with van der Waals surface area (Å²) in [7, 11) is 1.61. The third-order valence-electron chi connectivity index (χ3n) is 7.27. The number of benzene rings is 2. The molecule has 2 aliphatic rings. The van der Waals surface area contributed by atoms with Crippen LogP contribution in [0.15, 0.2) is 54.6 Å². The Bertz CT molecular complexity index is 1070. The van der Waals surface area contributed by atoms with Crippen molar-refractivity contribution in [3.63, 3.8) is 0 Å². The van der Waals surface area contributed by atoms with Crippen molar-refractivity contribution >= 4 is 17.7 Å². The topological polar surface area (TPSA) is 79.4 Å². The standard InChI is InChI=1S/C29H37N3O5/c1-4-30(5-2)28(34)20-37-24-17-31(16-21-11-13-23(36-3)14-12-21)27(33)19-32(18-24)29(35)26-15-25(26)22-9-7-6-8-10-22/h6-14,24-26H,4-5,15-20H2,1-3H3/t24-,25-,26+/m0/s1. The number of rotatable bonds is 10. The zero-order valence-corrected chi connectivity index (χ0v) is 22.0. The van der Waals surface area contributed by atoms with E-state index in [9.17, 15) is 14.4 Å². The molecular formula is C29H37N3O5. The highest BCUT2D eigenvalue weighted by Crippen LogP contribution is 2.48. The summed E-state index contributed by atoms with van der Waals surface area (Å²) in [6, 6.07) is 17.6. The second-order valence-corrected chi connectivity index (χ2v) is 9.70. The third-order valence-corrected chi connectivity index (χ3v) is 7.27. The van der Waals surface area contributed by atoms with E-state index in [0.717, 1.165) is 23.3 Å². The molecule has 8 nitrogen and oxygen atoms in total. The first kappa shape index (κ1) is 26.7. The lowest BCUT2D eigenvalue weighted by molar-refractivity contribution is -0.140. The molecule has 2 fully saturated rings. The highest BCUT2D eigenvalue weighted by molar-refractivity contribution is 5.88. The van der Waals surface area contributed by atoms with Crippen molar-refractivity contribution in [3.8, 4) is 5.75 Å². The van der Waals surface area contributed by atoms with Crippen molar-refractivity contribution in [1.82, 2.24) is 14.7 Å². The summed E-state index contributed by atoms with van der Waals surface area (Å²) >= 11 is 0. The van der Waals surface area contributed by atoms with Gasteiger partial charge in [0.1, 0.15) is 12.4 Å². The van der Waals surface area contributed by atoms with Crippen LogP contribution in [0.5, 0.6) is 5.75 Å². The molecule has 0 bridgehead atoms. The van der Waals surface area contributed by atoms with E-state index in [1.807, 2.05) is 68.4 Å². The number of amides is 3. The van der Waals surface area contributed by atoms with E-state index in [1.165, 1.54) is 0 Å². The highest BCUT2D eigenvalue weighted by Gasteiger charge is 2.47. The van der Waals surface area contributed by atoms with Crippen LogP contribution in [0, 0.1) is 5.92 Å². The van der Waals surface area contributed by atoms with Crippen LogP contribution < -0.4 is 4.74 Å². The van der Waals surface area contributed by atoms with Crippen LogP contribution in [0.25, 0.3) is 0 Å². The maximum atomic E-state index is 13.5. The van der Waals surface area contributed by atoms with E-state index >= 15 is 0 Å². The van der Waals surface area contributed by atoms with Crippen LogP contribution in [0.3, 0.4) is 0 Å². The lowest BCUT2D eigenvalue weighted by atomic mass is 10.1. The fourth-order valence-electron chi connectivity index (χ4n) is 4.98. The maximum absolute atomic E-state index is 13.5. The minimum Gasteiger partial charge on any atom is -0.497 e. The summed E-state index contributed by atoms with van der Waals surface area (Å²) in [5.74, 6) is 0.578. The van der Waals surface area contributed by atoms with Crippen LogP contribution in [0.4, 0.5) is 0 Å². The van der Waals surface area contributed by atoms with E-state index in [1.54, 1.807) is 21.8 Å². The number of hydrogen-bond acceptors (Lipinski definition) is 5. The summed E-state index contributed by atoms with van der Waals surface area (Å²) in [4.78, 5) is 44.5. The summed E-state index contributed by atoms with van der Waals surface area (Å²) < 4.78 is 11.3. The Morgan fingerprint density at radius 1 is 1.00 bits per heavy atom. The zero-order chi connectivity index (χ0) is 26.4. The Morgan fingerprint density at radius 3 is 2.35 bits per heavy atom. The largest absolute Gasteiger partial charge is 0.497 e. The molecule has 0 spiro atoms. The Balaban J connectivity index is 1.47. The molecule has 37 heavy (non-hydrogen) atoms. The normalized spacial score (nSPS) is 21.4. The quantitative estimate of drug-likeness (QED) is 0.494. The molecule has 2 aromatic rings. The monoisotopic (exact) mass is 507 g/mol. The SMILES string of the molecule is CCN(CC)C(=O)CO[C@H]1CN(Cc2ccc(OC)cc2)C(=O)CN(C(=O)[C@@H]2C[C@H]2c2ccccc2)C1. The van der Waals surface area contributed by atoms with Crippen molar-refractivity contribution in [2.24, 2.45) is 5.92 Å². The minimum atomic E-state index is -0.456. The molecule has 1 saturated carbocycles. The van der Waals surface area contributed by atoms with E-state index in [2.05, 4.69) is 0 Å². The van der Waals surface area contributed by atoms with Crippen LogP contribution in [0.2, 0.25) is 0 Å². The Kier molecular flexibility index (Phi) is 8.82. The van der Waals surface area contributed by atoms with Crippen LogP contribution in [-0.4, -0.2) is 85.0 Å². The first-order valence-corrected chi connectivity index (χ1v) is 13.1. The lowest BCUT2D eigenvalue weighted by Crippen LogP contribution is -2.42. The molecule has 3 atom stereocenters. The molecule has 198 valence electrons. The molecule has 0 aromatic heterocycles. The number of hydrogen-bond donors (Lipinski definition) is 0. The predicted octanol–water partition coefficient (Wildman–Crippen LogP) is 2.92. The van der Waals surface area contributed by atoms with Crippen molar-refractivity contribution in [2.75, 3.05) is 46.4 Å². The van der Waals surface area contributed by atoms with Gasteiger partial charge in [-0.15, -0.1) is 0 Å². The first-order chi connectivity index (χ1) is 17.9. The molecule has 8 heteroatoms. The fraction of sp³-hybridized carbons (Fsp3) is 0.483. The maximum Gasteiger partial charge on any atom is 0.248 e. The second-order valence-electron chi connectivity index (χ2n) is 9.70. The van der Waals surface area contributed by atoms with E-state index in [-0.39, 0.29) is 49.3 Å². The van der Waals surface area contributed by atoms with Crippen molar-refractivity contribution < 1.29 is 23.9 Å². The third kappa shape index (κ3) is 6.68. The predicted molar refractivity (Wildman–Crippen MR) is 140 cm³/mol. The van der Waals surface area contributed by atoms with Crippen molar-refractivity contribution in [3.05, 3.63) is 65.7 Å². The Labute approximate surface area is 219 Å². The number of carbonyl (C=O) groups excluding carboxylic acids is 3. The molecule has 4 rings (SSSR count). The second kappa shape index (κ2) is 12.2. The van der Waals surface area contributed by atoms with Gasteiger partial charge in [0, 0.05) is 38.6 Å². The van der Waals surface area contributed by atoms with Gasteiger partial charge in [-0.05, 0) is 49.4 Å². The van der Waals surface area contributed by atoms with Gasteiger partial charge >= 0.3 is 0 Å². The van der Waals surface area contributed by atoms with Crippen molar-refractivity contribution in [1.29, 1.82) is 0 Å². The van der Waals surface area contributed by atoms with Gasteiger partial charge in [-0.3, -0.25) is 14.4 Å². The van der Waals surface area contributed by atoms with Gasteiger partial charge in [-0.2, -0.15) is 0 Å². The average molecular weight is 508 g/mol. The Hall–Kier alpha value is -3.39. The van der Waals surface area contributed by atoms with Gasteiger partial charge in [0.2, 0.25) is 17.7 Å². The molecule has 1 aliphatic heterocycles. The summed E-state index contributed by atoms with van der Waals surface area (Å²) in [5.41, 5.74) is 2.11. The molecular weight excluding hydrogens is 470 g/mol. The fourth-order valence-corrected chi connectivity index (χ4v) is 4.98. The Morgan fingerprint density at radius 2 is 1.70 bits per heavy atom. The molecule has 1 aliphatic carbocycles.